The molecule has 0 bridgehead atoms. The second-order valence-corrected chi connectivity index (χ2v) is 5.70. The number of nitrogens with one attached hydrogen (secondary N) is 1. The molecule has 1 aromatic rings. The summed E-state index contributed by atoms with van der Waals surface area (Å²) in [5.41, 5.74) is 1.44. The van der Waals surface area contributed by atoms with Crippen LogP contribution in [0.4, 0.5) is 0 Å². The predicted molar refractivity (Wildman–Crippen MR) is 84.1 cm³/mol. The molecule has 2 atom stereocenters. The molecule has 1 aromatic carbocycles. The summed E-state index contributed by atoms with van der Waals surface area (Å²) in [6, 6.07) is 11.4. The first kappa shape index (κ1) is 15.5. The van der Waals surface area contributed by atoms with Crippen LogP contribution in [0.15, 0.2) is 30.3 Å². The SMILES string of the molecule is CCOC(C)CNC1CCN(CCc2ccccc2)C1. The molecule has 1 fully saturated rings. The predicted octanol–water partition coefficient (Wildman–Crippen LogP) is 2.32. The van der Waals surface area contributed by atoms with E-state index in [9.17, 15) is 0 Å². The van der Waals surface area contributed by atoms with Gasteiger partial charge in [-0.05, 0) is 38.8 Å². The molecule has 3 nitrogen and oxygen atoms in total. The van der Waals surface area contributed by atoms with Crippen LogP contribution in [0, 0.1) is 0 Å². The number of ether oxygens (including phenoxy) is 1. The van der Waals surface area contributed by atoms with E-state index in [0.29, 0.717) is 12.1 Å². The highest BCUT2D eigenvalue weighted by Crippen LogP contribution is 2.10. The Balaban J connectivity index is 1.62. The van der Waals surface area contributed by atoms with E-state index in [2.05, 4.69) is 54.4 Å². The quantitative estimate of drug-likeness (QED) is 0.788. The second-order valence-electron chi connectivity index (χ2n) is 5.70. The van der Waals surface area contributed by atoms with Gasteiger partial charge in [0.1, 0.15) is 0 Å². The van der Waals surface area contributed by atoms with Crippen LogP contribution < -0.4 is 5.32 Å². The largest absolute Gasteiger partial charge is 0.377 e. The average Bonchev–Trinajstić information content (AvgIpc) is 2.92. The molecular formula is C17H28N2O. The van der Waals surface area contributed by atoms with E-state index >= 15 is 0 Å². The van der Waals surface area contributed by atoms with Gasteiger partial charge < -0.3 is 15.0 Å². The molecule has 0 aromatic heterocycles. The molecule has 2 rings (SSSR count). The van der Waals surface area contributed by atoms with Gasteiger partial charge in [-0.15, -0.1) is 0 Å². The molecule has 0 radical (unpaired) electrons. The Morgan fingerprint density at radius 3 is 2.90 bits per heavy atom. The summed E-state index contributed by atoms with van der Waals surface area (Å²) in [6.07, 6.45) is 2.73. The molecule has 20 heavy (non-hydrogen) atoms. The minimum absolute atomic E-state index is 0.318. The number of nitrogens with zero attached hydrogens (tertiary/aromatic N) is 1. The number of likely N-dealkylation sites (tertiary alicyclic amines) is 1. The topological polar surface area (TPSA) is 24.5 Å². The standard InChI is InChI=1S/C17H28N2O/c1-3-20-15(2)13-18-17-10-12-19(14-17)11-9-16-7-5-4-6-8-16/h4-8,15,17-18H,3,9-14H2,1-2H3. The zero-order chi connectivity index (χ0) is 14.2. The van der Waals surface area contributed by atoms with E-state index in [1.165, 1.54) is 31.6 Å². The number of hydrogen-bond donors (Lipinski definition) is 1. The van der Waals surface area contributed by atoms with Gasteiger partial charge in [-0.25, -0.2) is 0 Å². The highest BCUT2D eigenvalue weighted by Gasteiger charge is 2.21. The number of benzene rings is 1. The zero-order valence-corrected chi connectivity index (χ0v) is 12.8. The summed E-state index contributed by atoms with van der Waals surface area (Å²) < 4.78 is 5.56. The first-order valence-electron chi connectivity index (χ1n) is 7.89. The van der Waals surface area contributed by atoms with Crippen molar-refractivity contribution >= 4 is 0 Å². The van der Waals surface area contributed by atoms with E-state index in [4.69, 9.17) is 4.74 Å². The molecule has 2 unspecified atom stereocenters. The molecule has 112 valence electrons. The maximum Gasteiger partial charge on any atom is 0.0671 e. The van der Waals surface area contributed by atoms with Crippen molar-refractivity contribution in [2.75, 3.05) is 32.8 Å². The van der Waals surface area contributed by atoms with Gasteiger partial charge in [0.2, 0.25) is 0 Å². The maximum absolute atomic E-state index is 5.56. The van der Waals surface area contributed by atoms with Crippen LogP contribution in [0.25, 0.3) is 0 Å². The Labute approximate surface area is 123 Å². The summed E-state index contributed by atoms with van der Waals surface area (Å²) in [5.74, 6) is 0. The van der Waals surface area contributed by atoms with Crippen molar-refractivity contribution in [3.8, 4) is 0 Å². The Bertz CT molecular complexity index is 369. The Hall–Kier alpha value is -0.900. The van der Waals surface area contributed by atoms with Crippen molar-refractivity contribution in [3.05, 3.63) is 35.9 Å². The summed E-state index contributed by atoms with van der Waals surface area (Å²) in [6.45, 7) is 9.51. The van der Waals surface area contributed by atoms with Gasteiger partial charge in [-0.2, -0.15) is 0 Å². The molecule has 1 saturated heterocycles. The lowest BCUT2D eigenvalue weighted by atomic mass is 10.1. The average molecular weight is 276 g/mol. The fourth-order valence-electron chi connectivity index (χ4n) is 2.81. The molecule has 0 aliphatic carbocycles. The van der Waals surface area contributed by atoms with Crippen molar-refractivity contribution in [3.63, 3.8) is 0 Å². The van der Waals surface area contributed by atoms with Crippen molar-refractivity contribution < 1.29 is 4.74 Å². The lowest BCUT2D eigenvalue weighted by Crippen LogP contribution is -2.37. The van der Waals surface area contributed by atoms with E-state index in [1.54, 1.807) is 0 Å². The maximum atomic E-state index is 5.56. The Kier molecular flexibility index (Phi) is 6.51. The molecular weight excluding hydrogens is 248 g/mol. The molecule has 3 heteroatoms. The molecule has 0 saturated carbocycles. The van der Waals surface area contributed by atoms with Gasteiger partial charge in [0.05, 0.1) is 6.10 Å². The van der Waals surface area contributed by atoms with Gasteiger partial charge in [0, 0.05) is 32.3 Å². The number of hydrogen-bond acceptors (Lipinski definition) is 3. The zero-order valence-electron chi connectivity index (χ0n) is 12.8. The van der Waals surface area contributed by atoms with Gasteiger partial charge >= 0.3 is 0 Å². The third kappa shape index (κ3) is 5.23. The third-order valence-corrected chi connectivity index (χ3v) is 3.98. The second kappa shape index (κ2) is 8.40. The summed E-state index contributed by atoms with van der Waals surface area (Å²) in [7, 11) is 0. The minimum Gasteiger partial charge on any atom is -0.377 e. The van der Waals surface area contributed by atoms with Crippen LogP contribution in [-0.2, 0) is 11.2 Å². The summed E-state index contributed by atoms with van der Waals surface area (Å²) in [5, 5.41) is 3.63. The van der Waals surface area contributed by atoms with Gasteiger partial charge in [0.15, 0.2) is 0 Å². The van der Waals surface area contributed by atoms with E-state index in [0.717, 1.165) is 19.6 Å². The monoisotopic (exact) mass is 276 g/mol. The van der Waals surface area contributed by atoms with E-state index in [1.807, 2.05) is 0 Å². The fourth-order valence-corrected chi connectivity index (χ4v) is 2.81. The van der Waals surface area contributed by atoms with Gasteiger partial charge in [0.25, 0.3) is 0 Å². The highest BCUT2D eigenvalue weighted by molar-refractivity contribution is 5.14. The van der Waals surface area contributed by atoms with E-state index < -0.39 is 0 Å². The van der Waals surface area contributed by atoms with Gasteiger partial charge in [-0.1, -0.05) is 30.3 Å². The van der Waals surface area contributed by atoms with Crippen LogP contribution in [0.3, 0.4) is 0 Å². The highest BCUT2D eigenvalue weighted by atomic mass is 16.5. The Morgan fingerprint density at radius 1 is 1.35 bits per heavy atom. The van der Waals surface area contributed by atoms with Crippen LogP contribution in [0.5, 0.6) is 0 Å². The minimum atomic E-state index is 0.318. The van der Waals surface area contributed by atoms with Crippen molar-refractivity contribution in [2.45, 2.75) is 38.8 Å². The van der Waals surface area contributed by atoms with E-state index in [-0.39, 0.29) is 0 Å². The molecule has 0 spiro atoms. The summed E-state index contributed by atoms with van der Waals surface area (Å²) >= 11 is 0. The molecule has 1 aliphatic rings. The smallest absolute Gasteiger partial charge is 0.0671 e. The van der Waals surface area contributed by atoms with Crippen LogP contribution in [0.2, 0.25) is 0 Å². The van der Waals surface area contributed by atoms with Crippen LogP contribution in [-0.4, -0.2) is 49.8 Å². The van der Waals surface area contributed by atoms with Crippen molar-refractivity contribution in [1.29, 1.82) is 0 Å². The lowest BCUT2D eigenvalue weighted by molar-refractivity contribution is 0.0741. The van der Waals surface area contributed by atoms with Gasteiger partial charge in [-0.3, -0.25) is 0 Å². The molecule has 0 amide bonds. The molecule has 1 N–H and O–H groups in total. The fraction of sp³-hybridized carbons (Fsp3) is 0.647. The Morgan fingerprint density at radius 2 is 2.15 bits per heavy atom. The van der Waals surface area contributed by atoms with Crippen LogP contribution in [0.1, 0.15) is 25.8 Å². The van der Waals surface area contributed by atoms with Crippen LogP contribution >= 0.6 is 0 Å². The van der Waals surface area contributed by atoms with Crippen molar-refractivity contribution in [2.24, 2.45) is 0 Å². The first-order chi connectivity index (χ1) is 9.78. The molecule has 1 aliphatic heterocycles. The van der Waals surface area contributed by atoms with Crippen molar-refractivity contribution in [1.82, 2.24) is 10.2 Å². The molecule has 1 heterocycles. The number of rotatable bonds is 8. The normalized spacial score (nSPS) is 21.2. The first-order valence-corrected chi connectivity index (χ1v) is 7.89. The summed E-state index contributed by atoms with van der Waals surface area (Å²) in [4.78, 5) is 2.57. The third-order valence-electron chi connectivity index (χ3n) is 3.98. The lowest BCUT2D eigenvalue weighted by Gasteiger charge is -2.18.